The second-order valence-electron chi connectivity index (χ2n) is 4.11. The Balaban J connectivity index is 2.06. The molecule has 1 amide bonds. The van der Waals surface area contributed by atoms with E-state index in [0.717, 1.165) is 5.69 Å². The topological polar surface area (TPSA) is 71.8 Å². The molecule has 0 fully saturated rings. The fraction of sp³-hybridized carbons (Fsp3) is 0.250. The Hall–Kier alpha value is -2.44. The minimum absolute atomic E-state index is 0.150. The minimum atomic E-state index is -0.472. The van der Waals surface area contributed by atoms with Crippen LogP contribution in [0.4, 0.5) is 15.8 Å². The third-order valence-electron chi connectivity index (χ3n) is 2.40. The van der Waals surface area contributed by atoms with Crippen molar-refractivity contribution in [1.29, 1.82) is 0 Å². The molecule has 0 aliphatic rings. The standard InChI is InChI=1S/C12H14FN5O/c1-8(19)15-12-5-9(3-4-11(12)13)14-6-10-7-18(2)17-16-10/h3-5,7,14H,6H2,1-2H3,(H,15,19). The number of hydrogen-bond acceptors (Lipinski definition) is 4. The summed E-state index contributed by atoms with van der Waals surface area (Å²) in [7, 11) is 1.78. The lowest BCUT2D eigenvalue weighted by Gasteiger charge is -2.08. The van der Waals surface area contributed by atoms with E-state index in [0.29, 0.717) is 12.2 Å². The molecule has 0 radical (unpaired) electrons. The number of aromatic nitrogens is 3. The summed E-state index contributed by atoms with van der Waals surface area (Å²) in [6, 6.07) is 4.42. The van der Waals surface area contributed by atoms with Gasteiger partial charge in [-0.05, 0) is 18.2 Å². The normalized spacial score (nSPS) is 10.3. The summed E-state index contributed by atoms with van der Waals surface area (Å²) in [5.74, 6) is -0.787. The van der Waals surface area contributed by atoms with Gasteiger partial charge in [-0.15, -0.1) is 5.10 Å². The quantitative estimate of drug-likeness (QED) is 0.877. The molecular formula is C12H14FN5O. The number of carbonyl (C=O) groups is 1. The van der Waals surface area contributed by atoms with Crippen LogP contribution in [-0.4, -0.2) is 20.9 Å². The molecule has 0 saturated heterocycles. The zero-order chi connectivity index (χ0) is 13.8. The number of hydrogen-bond donors (Lipinski definition) is 2. The monoisotopic (exact) mass is 263 g/mol. The summed E-state index contributed by atoms with van der Waals surface area (Å²) in [6.07, 6.45) is 1.78. The van der Waals surface area contributed by atoms with E-state index >= 15 is 0 Å². The molecule has 19 heavy (non-hydrogen) atoms. The van der Waals surface area contributed by atoms with Crippen molar-refractivity contribution in [2.45, 2.75) is 13.5 Å². The SMILES string of the molecule is CC(=O)Nc1cc(NCc2cn(C)nn2)ccc1F. The first-order valence-electron chi connectivity index (χ1n) is 5.71. The number of carbonyl (C=O) groups excluding carboxylic acids is 1. The third-order valence-corrected chi connectivity index (χ3v) is 2.40. The predicted molar refractivity (Wildman–Crippen MR) is 69.0 cm³/mol. The Morgan fingerprint density at radius 2 is 2.26 bits per heavy atom. The number of nitrogens with zero attached hydrogens (tertiary/aromatic N) is 3. The Kier molecular flexibility index (Phi) is 3.74. The largest absolute Gasteiger partial charge is 0.379 e. The van der Waals surface area contributed by atoms with Gasteiger partial charge in [0.25, 0.3) is 0 Å². The number of benzene rings is 1. The second-order valence-corrected chi connectivity index (χ2v) is 4.11. The third kappa shape index (κ3) is 3.51. The molecule has 2 aromatic rings. The summed E-state index contributed by atoms with van der Waals surface area (Å²) < 4.78 is 15.0. The predicted octanol–water partition coefficient (Wildman–Crippen LogP) is 1.52. The van der Waals surface area contributed by atoms with E-state index in [9.17, 15) is 9.18 Å². The fourth-order valence-corrected chi connectivity index (χ4v) is 1.59. The average molecular weight is 263 g/mol. The van der Waals surface area contributed by atoms with Gasteiger partial charge in [-0.1, -0.05) is 5.21 Å². The molecule has 0 saturated carbocycles. The van der Waals surface area contributed by atoms with Crippen LogP contribution in [0.1, 0.15) is 12.6 Å². The van der Waals surface area contributed by atoms with E-state index in [4.69, 9.17) is 0 Å². The summed E-state index contributed by atoms with van der Waals surface area (Å²) in [6.45, 7) is 1.80. The molecule has 1 heterocycles. The number of aryl methyl sites for hydroxylation is 1. The Labute approximate surface area is 109 Å². The molecule has 0 aliphatic carbocycles. The lowest BCUT2D eigenvalue weighted by molar-refractivity contribution is -0.114. The van der Waals surface area contributed by atoms with Gasteiger partial charge in [0.15, 0.2) is 0 Å². The Morgan fingerprint density at radius 3 is 2.89 bits per heavy atom. The summed E-state index contributed by atoms with van der Waals surface area (Å²) in [5.41, 5.74) is 1.61. The summed E-state index contributed by atoms with van der Waals surface area (Å²) in [5, 5.41) is 13.2. The highest BCUT2D eigenvalue weighted by molar-refractivity contribution is 5.89. The van der Waals surface area contributed by atoms with Gasteiger partial charge in [0.05, 0.1) is 12.2 Å². The van der Waals surface area contributed by atoms with Crippen LogP contribution >= 0.6 is 0 Å². The van der Waals surface area contributed by atoms with Gasteiger partial charge in [0.2, 0.25) is 5.91 Å². The Bertz CT molecular complexity index is 596. The lowest BCUT2D eigenvalue weighted by atomic mass is 10.2. The minimum Gasteiger partial charge on any atom is -0.379 e. The first-order chi connectivity index (χ1) is 9.04. The van der Waals surface area contributed by atoms with Crippen molar-refractivity contribution in [1.82, 2.24) is 15.0 Å². The van der Waals surface area contributed by atoms with Gasteiger partial charge in [0, 0.05) is 25.9 Å². The van der Waals surface area contributed by atoms with E-state index in [1.54, 1.807) is 24.0 Å². The van der Waals surface area contributed by atoms with Crippen molar-refractivity contribution >= 4 is 17.3 Å². The van der Waals surface area contributed by atoms with Gasteiger partial charge >= 0.3 is 0 Å². The number of nitrogens with one attached hydrogen (secondary N) is 2. The molecular weight excluding hydrogens is 249 g/mol. The number of amides is 1. The van der Waals surface area contributed by atoms with Gasteiger partial charge in [-0.2, -0.15) is 0 Å². The fourth-order valence-electron chi connectivity index (χ4n) is 1.59. The molecule has 0 unspecified atom stereocenters. The zero-order valence-electron chi connectivity index (χ0n) is 10.6. The van der Waals surface area contributed by atoms with Crippen LogP contribution in [0, 0.1) is 5.82 Å². The number of rotatable bonds is 4. The molecule has 1 aromatic carbocycles. The van der Waals surface area contributed by atoms with Crippen LogP contribution < -0.4 is 10.6 Å². The van der Waals surface area contributed by atoms with E-state index in [2.05, 4.69) is 20.9 Å². The van der Waals surface area contributed by atoms with Crippen molar-refractivity contribution in [3.63, 3.8) is 0 Å². The smallest absolute Gasteiger partial charge is 0.221 e. The number of anilines is 2. The maximum absolute atomic E-state index is 13.4. The van der Waals surface area contributed by atoms with Crippen molar-refractivity contribution in [2.75, 3.05) is 10.6 Å². The van der Waals surface area contributed by atoms with Crippen LogP contribution in [0.5, 0.6) is 0 Å². The van der Waals surface area contributed by atoms with Crippen molar-refractivity contribution in [3.8, 4) is 0 Å². The van der Waals surface area contributed by atoms with E-state index in [1.807, 2.05) is 0 Å². The van der Waals surface area contributed by atoms with Gasteiger partial charge in [-0.3, -0.25) is 9.48 Å². The molecule has 0 bridgehead atoms. The average Bonchev–Trinajstić information content (AvgIpc) is 2.75. The van der Waals surface area contributed by atoms with E-state index in [1.165, 1.54) is 19.1 Å². The molecule has 0 aliphatic heterocycles. The highest BCUT2D eigenvalue weighted by atomic mass is 19.1. The summed E-state index contributed by atoms with van der Waals surface area (Å²) >= 11 is 0. The zero-order valence-corrected chi connectivity index (χ0v) is 10.6. The molecule has 1 aromatic heterocycles. The van der Waals surface area contributed by atoms with Gasteiger partial charge in [0.1, 0.15) is 11.5 Å². The van der Waals surface area contributed by atoms with E-state index in [-0.39, 0.29) is 11.6 Å². The molecule has 2 N–H and O–H groups in total. The van der Waals surface area contributed by atoms with Crippen LogP contribution in [-0.2, 0) is 18.4 Å². The van der Waals surface area contributed by atoms with Gasteiger partial charge in [-0.25, -0.2) is 4.39 Å². The van der Waals surface area contributed by atoms with Gasteiger partial charge < -0.3 is 10.6 Å². The second kappa shape index (κ2) is 5.47. The molecule has 0 spiro atoms. The molecule has 0 atom stereocenters. The van der Waals surface area contributed by atoms with Crippen LogP contribution in [0.25, 0.3) is 0 Å². The Morgan fingerprint density at radius 1 is 1.47 bits per heavy atom. The molecule has 2 rings (SSSR count). The molecule has 100 valence electrons. The van der Waals surface area contributed by atoms with Crippen LogP contribution in [0.3, 0.4) is 0 Å². The maximum atomic E-state index is 13.4. The maximum Gasteiger partial charge on any atom is 0.221 e. The first kappa shape index (κ1) is 13.0. The first-order valence-corrected chi connectivity index (χ1v) is 5.71. The lowest BCUT2D eigenvalue weighted by Crippen LogP contribution is -2.08. The van der Waals surface area contributed by atoms with Crippen molar-refractivity contribution in [3.05, 3.63) is 35.9 Å². The van der Waals surface area contributed by atoms with Crippen molar-refractivity contribution < 1.29 is 9.18 Å². The van der Waals surface area contributed by atoms with Crippen LogP contribution in [0.15, 0.2) is 24.4 Å². The number of halogens is 1. The van der Waals surface area contributed by atoms with Crippen LogP contribution in [0.2, 0.25) is 0 Å². The van der Waals surface area contributed by atoms with E-state index < -0.39 is 5.82 Å². The highest BCUT2D eigenvalue weighted by Gasteiger charge is 2.05. The highest BCUT2D eigenvalue weighted by Crippen LogP contribution is 2.19. The van der Waals surface area contributed by atoms with Crippen molar-refractivity contribution in [2.24, 2.45) is 7.05 Å². The molecule has 6 nitrogen and oxygen atoms in total. The molecule has 7 heteroatoms. The summed E-state index contributed by atoms with van der Waals surface area (Å²) in [4.78, 5) is 10.9.